The van der Waals surface area contributed by atoms with Crippen LogP contribution in [0.1, 0.15) is 6.92 Å². The number of anilines is 1. The number of rotatable bonds is 3. The number of Topliss-reactive ketones (excluding diaryl/α,β-unsaturated/α-hetero) is 1. The van der Waals surface area contributed by atoms with Gasteiger partial charge in [-0.05, 0) is 24.3 Å². The molecule has 0 saturated heterocycles. The Kier molecular flexibility index (Phi) is 3.23. The number of amides is 1. The number of hydrogen-bond acceptors (Lipinski definition) is 3. The molecule has 1 N–H and O–H groups in total. The van der Waals surface area contributed by atoms with Gasteiger partial charge in [0.05, 0.1) is 7.11 Å². The molecule has 0 aliphatic rings. The zero-order chi connectivity index (χ0) is 10.6. The Hall–Kier alpha value is -1.84. The Morgan fingerprint density at radius 2 is 1.79 bits per heavy atom. The number of ether oxygens (including phenoxy) is 1. The maximum Gasteiger partial charge on any atom is 0.291 e. The number of nitrogens with one attached hydrogen (secondary N) is 1. The number of ketones is 1. The van der Waals surface area contributed by atoms with Crippen LogP contribution in [0.2, 0.25) is 0 Å². The van der Waals surface area contributed by atoms with Crippen molar-refractivity contribution in [3.05, 3.63) is 24.3 Å². The van der Waals surface area contributed by atoms with E-state index in [1.807, 2.05) is 0 Å². The van der Waals surface area contributed by atoms with E-state index in [9.17, 15) is 9.59 Å². The smallest absolute Gasteiger partial charge is 0.291 e. The van der Waals surface area contributed by atoms with Gasteiger partial charge in [0.15, 0.2) is 0 Å². The van der Waals surface area contributed by atoms with E-state index >= 15 is 0 Å². The highest BCUT2D eigenvalue weighted by molar-refractivity contribution is 6.39. The third-order valence-electron chi connectivity index (χ3n) is 1.67. The summed E-state index contributed by atoms with van der Waals surface area (Å²) in [7, 11) is 1.56. The van der Waals surface area contributed by atoms with Crippen LogP contribution in [-0.2, 0) is 9.59 Å². The fourth-order valence-electron chi connectivity index (χ4n) is 0.893. The van der Waals surface area contributed by atoms with Gasteiger partial charge >= 0.3 is 0 Å². The maximum absolute atomic E-state index is 11.0. The molecular weight excluding hydrogens is 182 g/mol. The lowest BCUT2D eigenvalue weighted by molar-refractivity contribution is -0.133. The first-order valence-corrected chi connectivity index (χ1v) is 4.09. The Balaban J connectivity index is 2.69. The van der Waals surface area contributed by atoms with Crippen molar-refractivity contribution in [3.63, 3.8) is 0 Å². The highest BCUT2D eigenvalue weighted by atomic mass is 16.5. The molecule has 0 fully saturated rings. The van der Waals surface area contributed by atoms with Crippen LogP contribution >= 0.6 is 0 Å². The average Bonchev–Trinajstić information content (AvgIpc) is 2.19. The second-order valence-electron chi connectivity index (χ2n) is 2.74. The fourth-order valence-corrected chi connectivity index (χ4v) is 0.893. The molecule has 0 spiro atoms. The lowest BCUT2D eigenvalue weighted by Gasteiger charge is -2.03. The van der Waals surface area contributed by atoms with Gasteiger partial charge in [-0.3, -0.25) is 9.59 Å². The predicted molar refractivity (Wildman–Crippen MR) is 52.3 cm³/mol. The molecule has 0 saturated carbocycles. The summed E-state index contributed by atoms with van der Waals surface area (Å²) in [5, 5.41) is 2.45. The number of carbonyl (C=O) groups excluding carboxylic acids is 2. The molecule has 1 aromatic carbocycles. The van der Waals surface area contributed by atoms with Crippen molar-refractivity contribution in [2.24, 2.45) is 0 Å². The molecule has 0 unspecified atom stereocenters. The molecular formula is C10H11NO3. The molecule has 1 amide bonds. The predicted octanol–water partition coefficient (Wildman–Crippen LogP) is 1.22. The average molecular weight is 193 g/mol. The van der Waals surface area contributed by atoms with Crippen molar-refractivity contribution >= 4 is 17.4 Å². The van der Waals surface area contributed by atoms with Gasteiger partial charge in [0.2, 0.25) is 5.78 Å². The van der Waals surface area contributed by atoms with E-state index in [0.29, 0.717) is 11.4 Å². The van der Waals surface area contributed by atoms with E-state index in [0.717, 1.165) is 0 Å². The Morgan fingerprint density at radius 3 is 2.21 bits per heavy atom. The Bertz CT molecular complexity index is 343. The molecule has 4 heteroatoms. The summed E-state index contributed by atoms with van der Waals surface area (Å²) in [5.41, 5.74) is 0.575. The summed E-state index contributed by atoms with van der Waals surface area (Å²) in [6, 6.07) is 6.74. The molecule has 0 atom stereocenters. The SMILES string of the molecule is COc1ccc(NC(=O)C(C)=O)cc1. The molecule has 1 rings (SSSR count). The van der Waals surface area contributed by atoms with Gasteiger partial charge in [-0.25, -0.2) is 0 Å². The van der Waals surface area contributed by atoms with E-state index in [-0.39, 0.29) is 0 Å². The molecule has 74 valence electrons. The van der Waals surface area contributed by atoms with Gasteiger partial charge in [0, 0.05) is 12.6 Å². The van der Waals surface area contributed by atoms with Gasteiger partial charge < -0.3 is 10.1 Å². The van der Waals surface area contributed by atoms with Crippen LogP contribution in [0.5, 0.6) is 5.75 Å². The van der Waals surface area contributed by atoms with Gasteiger partial charge in [-0.15, -0.1) is 0 Å². The maximum atomic E-state index is 11.0. The third-order valence-corrected chi connectivity index (χ3v) is 1.67. The van der Waals surface area contributed by atoms with Crippen LogP contribution in [0.3, 0.4) is 0 Å². The highest BCUT2D eigenvalue weighted by Crippen LogP contribution is 2.14. The first kappa shape index (κ1) is 10.2. The summed E-state index contributed by atoms with van der Waals surface area (Å²) in [6.45, 7) is 1.22. The normalized spacial score (nSPS) is 9.29. The lowest BCUT2D eigenvalue weighted by Crippen LogP contribution is -2.19. The van der Waals surface area contributed by atoms with Crippen LogP contribution in [0.25, 0.3) is 0 Å². The molecule has 0 aliphatic carbocycles. The lowest BCUT2D eigenvalue weighted by atomic mass is 10.3. The number of methoxy groups -OCH3 is 1. The molecule has 0 bridgehead atoms. The molecule has 1 aromatic rings. The summed E-state index contributed by atoms with van der Waals surface area (Å²) in [5.74, 6) is -0.429. The van der Waals surface area contributed by atoms with Crippen molar-refractivity contribution < 1.29 is 14.3 Å². The van der Waals surface area contributed by atoms with Crippen molar-refractivity contribution in [3.8, 4) is 5.75 Å². The largest absolute Gasteiger partial charge is 0.497 e. The van der Waals surface area contributed by atoms with E-state index in [1.165, 1.54) is 6.92 Å². The van der Waals surface area contributed by atoms with Crippen LogP contribution in [0, 0.1) is 0 Å². The third kappa shape index (κ3) is 2.58. The molecule has 0 aromatic heterocycles. The minimum atomic E-state index is -0.616. The topological polar surface area (TPSA) is 55.4 Å². The Labute approximate surface area is 81.9 Å². The number of carbonyl (C=O) groups is 2. The van der Waals surface area contributed by atoms with Crippen LogP contribution in [-0.4, -0.2) is 18.8 Å². The second-order valence-corrected chi connectivity index (χ2v) is 2.74. The quantitative estimate of drug-likeness (QED) is 0.734. The monoisotopic (exact) mass is 193 g/mol. The summed E-state index contributed by atoms with van der Waals surface area (Å²) >= 11 is 0. The molecule has 0 radical (unpaired) electrons. The van der Waals surface area contributed by atoms with Crippen LogP contribution in [0.4, 0.5) is 5.69 Å². The van der Waals surface area contributed by atoms with E-state index in [2.05, 4.69) is 5.32 Å². The second kappa shape index (κ2) is 4.41. The summed E-state index contributed by atoms with van der Waals surface area (Å²) in [4.78, 5) is 21.6. The number of hydrogen-bond donors (Lipinski definition) is 1. The molecule has 4 nitrogen and oxygen atoms in total. The Morgan fingerprint density at radius 1 is 1.21 bits per heavy atom. The summed E-state index contributed by atoms with van der Waals surface area (Å²) < 4.78 is 4.94. The standard InChI is InChI=1S/C10H11NO3/c1-7(12)10(13)11-8-3-5-9(14-2)6-4-8/h3-6H,1-2H3,(H,11,13). The first-order valence-electron chi connectivity index (χ1n) is 4.09. The zero-order valence-corrected chi connectivity index (χ0v) is 8.03. The van der Waals surface area contributed by atoms with E-state index < -0.39 is 11.7 Å². The van der Waals surface area contributed by atoms with Crippen molar-refractivity contribution in [1.82, 2.24) is 0 Å². The molecule has 14 heavy (non-hydrogen) atoms. The minimum absolute atomic E-state index is 0.513. The first-order chi connectivity index (χ1) is 6.63. The van der Waals surface area contributed by atoms with Crippen LogP contribution in [0.15, 0.2) is 24.3 Å². The zero-order valence-electron chi connectivity index (χ0n) is 8.03. The van der Waals surface area contributed by atoms with Gasteiger partial charge in [-0.1, -0.05) is 0 Å². The van der Waals surface area contributed by atoms with Gasteiger partial charge in [-0.2, -0.15) is 0 Å². The van der Waals surface area contributed by atoms with Gasteiger partial charge in [0.1, 0.15) is 5.75 Å². The summed E-state index contributed by atoms with van der Waals surface area (Å²) in [6.07, 6.45) is 0. The van der Waals surface area contributed by atoms with E-state index in [4.69, 9.17) is 4.74 Å². The van der Waals surface area contributed by atoms with Crippen molar-refractivity contribution in [1.29, 1.82) is 0 Å². The minimum Gasteiger partial charge on any atom is -0.497 e. The molecule has 0 aliphatic heterocycles. The molecule has 0 heterocycles. The van der Waals surface area contributed by atoms with Gasteiger partial charge in [0.25, 0.3) is 5.91 Å². The van der Waals surface area contributed by atoms with Crippen LogP contribution < -0.4 is 10.1 Å². The highest BCUT2D eigenvalue weighted by Gasteiger charge is 2.06. The van der Waals surface area contributed by atoms with Crippen molar-refractivity contribution in [2.45, 2.75) is 6.92 Å². The van der Waals surface area contributed by atoms with E-state index in [1.54, 1.807) is 31.4 Å². The fraction of sp³-hybridized carbons (Fsp3) is 0.200. The number of benzene rings is 1. The van der Waals surface area contributed by atoms with Crippen molar-refractivity contribution in [2.75, 3.05) is 12.4 Å².